The van der Waals surface area contributed by atoms with Crippen molar-refractivity contribution in [3.05, 3.63) is 17.3 Å². The van der Waals surface area contributed by atoms with Gasteiger partial charge in [-0.05, 0) is 0 Å². The van der Waals surface area contributed by atoms with Crippen molar-refractivity contribution in [1.29, 1.82) is 0 Å². The molecule has 82 valence electrons. The van der Waals surface area contributed by atoms with Crippen molar-refractivity contribution in [1.82, 2.24) is 9.38 Å². The van der Waals surface area contributed by atoms with Crippen molar-refractivity contribution in [3.8, 4) is 5.88 Å². The molecular weight excluding hydrogens is 216 g/mol. The lowest BCUT2D eigenvalue weighted by molar-refractivity contribution is 0.141. The molecule has 0 unspecified atom stereocenters. The lowest BCUT2D eigenvalue weighted by Crippen LogP contribution is -2.06. The van der Waals surface area contributed by atoms with E-state index < -0.39 is 0 Å². The van der Waals surface area contributed by atoms with Crippen LogP contribution in [0.1, 0.15) is 5.69 Å². The average molecular weight is 228 g/mol. The molecule has 15 heavy (non-hydrogen) atoms. The minimum Gasteiger partial charge on any atom is -0.474 e. The van der Waals surface area contributed by atoms with E-state index in [1.54, 1.807) is 7.11 Å². The zero-order valence-corrected chi connectivity index (χ0v) is 9.16. The van der Waals surface area contributed by atoms with Gasteiger partial charge in [0.25, 0.3) is 0 Å². The van der Waals surface area contributed by atoms with Gasteiger partial charge in [-0.2, -0.15) is 4.98 Å². The maximum Gasteiger partial charge on any atom is 0.239 e. The molecule has 0 aliphatic heterocycles. The normalized spacial score (nSPS) is 11.1. The third kappa shape index (κ3) is 1.97. The minimum atomic E-state index is -0.0831. The van der Waals surface area contributed by atoms with E-state index in [2.05, 4.69) is 4.98 Å². The van der Waals surface area contributed by atoms with E-state index in [1.807, 2.05) is 16.0 Å². The Hall–Kier alpha value is -1.11. The molecule has 0 amide bonds. The Balaban J connectivity index is 2.21. The van der Waals surface area contributed by atoms with Crippen molar-refractivity contribution in [2.24, 2.45) is 0 Å². The van der Waals surface area contributed by atoms with Gasteiger partial charge in [-0.25, -0.2) is 0 Å². The van der Waals surface area contributed by atoms with Gasteiger partial charge in [0.05, 0.1) is 13.2 Å². The molecular formula is C9H12N2O3S. The maximum absolute atomic E-state index is 9.21. The first-order valence-corrected chi connectivity index (χ1v) is 5.41. The Morgan fingerprint density at radius 2 is 2.40 bits per heavy atom. The molecule has 2 aromatic heterocycles. The van der Waals surface area contributed by atoms with Gasteiger partial charge in [0.15, 0.2) is 4.96 Å². The molecule has 0 aliphatic carbocycles. The molecule has 0 aliphatic rings. The number of thiazole rings is 1. The standard InChI is InChI=1S/C9H12N2O3S/c1-13-3-4-14-8-7(6-12)11-2-5-15-9(11)10-8/h2,5,12H,3-4,6H2,1H3. The highest BCUT2D eigenvalue weighted by Gasteiger charge is 2.12. The zero-order valence-electron chi connectivity index (χ0n) is 8.34. The van der Waals surface area contributed by atoms with Gasteiger partial charge in [-0.1, -0.05) is 0 Å². The predicted molar refractivity (Wildman–Crippen MR) is 56.4 cm³/mol. The smallest absolute Gasteiger partial charge is 0.239 e. The van der Waals surface area contributed by atoms with E-state index >= 15 is 0 Å². The van der Waals surface area contributed by atoms with Crippen LogP contribution >= 0.6 is 11.3 Å². The molecule has 1 N–H and O–H groups in total. The fourth-order valence-corrected chi connectivity index (χ4v) is 2.02. The fraction of sp³-hybridized carbons (Fsp3) is 0.444. The number of hydrogen-bond donors (Lipinski definition) is 1. The van der Waals surface area contributed by atoms with Gasteiger partial charge in [-0.3, -0.25) is 4.40 Å². The molecule has 0 saturated carbocycles. The Bertz CT molecular complexity index is 437. The van der Waals surface area contributed by atoms with Gasteiger partial charge in [0.2, 0.25) is 5.88 Å². The Morgan fingerprint density at radius 1 is 1.53 bits per heavy atom. The first kappa shape index (κ1) is 10.4. The lowest BCUT2D eigenvalue weighted by Gasteiger charge is -2.03. The van der Waals surface area contributed by atoms with Crippen LogP contribution in [0.5, 0.6) is 5.88 Å². The number of ether oxygens (including phenoxy) is 2. The van der Waals surface area contributed by atoms with E-state index in [0.717, 1.165) is 4.96 Å². The number of nitrogens with zero attached hydrogens (tertiary/aromatic N) is 2. The van der Waals surface area contributed by atoms with Crippen molar-refractivity contribution in [3.63, 3.8) is 0 Å². The highest BCUT2D eigenvalue weighted by molar-refractivity contribution is 7.15. The summed E-state index contributed by atoms with van der Waals surface area (Å²) in [7, 11) is 1.61. The molecule has 0 radical (unpaired) electrons. The van der Waals surface area contributed by atoms with Crippen molar-refractivity contribution in [2.75, 3.05) is 20.3 Å². The summed E-state index contributed by atoms with van der Waals surface area (Å²) in [5, 5.41) is 11.1. The highest BCUT2D eigenvalue weighted by Crippen LogP contribution is 2.23. The molecule has 0 atom stereocenters. The quantitative estimate of drug-likeness (QED) is 0.773. The SMILES string of the molecule is COCCOc1nc2sccn2c1CO. The highest BCUT2D eigenvalue weighted by atomic mass is 32.1. The van der Waals surface area contributed by atoms with E-state index in [0.29, 0.717) is 24.8 Å². The zero-order chi connectivity index (χ0) is 10.7. The number of methoxy groups -OCH3 is 1. The van der Waals surface area contributed by atoms with Crippen LogP contribution in [-0.2, 0) is 11.3 Å². The molecule has 0 spiro atoms. The molecule has 5 nitrogen and oxygen atoms in total. The maximum atomic E-state index is 9.21. The number of rotatable bonds is 5. The van der Waals surface area contributed by atoms with Gasteiger partial charge in [-0.15, -0.1) is 11.3 Å². The van der Waals surface area contributed by atoms with E-state index in [1.165, 1.54) is 11.3 Å². The number of aromatic nitrogens is 2. The van der Waals surface area contributed by atoms with Crippen LogP contribution in [-0.4, -0.2) is 34.8 Å². The monoisotopic (exact) mass is 228 g/mol. The molecule has 0 fully saturated rings. The second kappa shape index (κ2) is 4.61. The largest absolute Gasteiger partial charge is 0.474 e. The summed E-state index contributed by atoms with van der Waals surface area (Å²) in [6, 6.07) is 0. The van der Waals surface area contributed by atoms with Gasteiger partial charge < -0.3 is 14.6 Å². The van der Waals surface area contributed by atoms with Crippen LogP contribution in [0.2, 0.25) is 0 Å². The van der Waals surface area contributed by atoms with Gasteiger partial charge in [0.1, 0.15) is 12.3 Å². The van der Waals surface area contributed by atoms with E-state index in [9.17, 15) is 5.11 Å². The van der Waals surface area contributed by atoms with Crippen LogP contribution in [0.15, 0.2) is 11.6 Å². The van der Waals surface area contributed by atoms with Crippen LogP contribution in [0.3, 0.4) is 0 Å². The number of aliphatic hydroxyl groups is 1. The van der Waals surface area contributed by atoms with Crippen molar-refractivity contribution in [2.45, 2.75) is 6.61 Å². The molecule has 6 heteroatoms. The second-order valence-electron chi connectivity index (χ2n) is 2.92. The molecule has 0 bridgehead atoms. The average Bonchev–Trinajstić information content (AvgIpc) is 2.77. The van der Waals surface area contributed by atoms with Crippen LogP contribution in [0.4, 0.5) is 0 Å². The molecule has 2 heterocycles. The Morgan fingerprint density at radius 3 is 3.13 bits per heavy atom. The van der Waals surface area contributed by atoms with Crippen LogP contribution in [0.25, 0.3) is 4.96 Å². The van der Waals surface area contributed by atoms with Crippen LogP contribution < -0.4 is 4.74 Å². The lowest BCUT2D eigenvalue weighted by atomic mass is 10.5. The first-order chi connectivity index (χ1) is 7.36. The Kier molecular flexibility index (Phi) is 3.20. The molecule has 2 rings (SSSR count). The molecule has 2 aromatic rings. The van der Waals surface area contributed by atoms with E-state index in [4.69, 9.17) is 9.47 Å². The fourth-order valence-electron chi connectivity index (χ4n) is 1.29. The predicted octanol–water partition coefficient (Wildman–Crippen LogP) is 0.913. The van der Waals surface area contributed by atoms with Crippen LogP contribution in [0, 0.1) is 0 Å². The summed E-state index contributed by atoms with van der Waals surface area (Å²) < 4.78 is 12.1. The van der Waals surface area contributed by atoms with Gasteiger partial charge >= 0.3 is 0 Å². The number of fused-ring (bicyclic) bond motifs is 1. The molecule has 0 aromatic carbocycles. The van der Waals surface area contributed by atoms with Crippen molar-refractivity contribution >= 4 is 16.3 Å². The molecule has 0 saturated heterocycles. The number of aliphatic hydroxyl groups excluding tert-OH is 1. The minimum absolute atomic E-state index is 0.0831. The van der Waals surface area contributed by atoms with Gasteiger partial charge in [0, 0.05) is 18.7 Å². The summed E-state index contributed by atoms with van der Waals surface area (Å²) in [5.41, 5.74) is 0.683. The topological polar surface area (TPSA) is 56.0 Å². The number of imidazole rings is 1. The van der Waals surface area contributed by atoms with E-state index in [-0.39, 0.29) is 6.61 Å². The van der Waals surface area contributed by atoms with Crippen molar-refractivity contribution < 1.29 is 14.6 Å². The summed E-state index contributed by atoms with van der Waals surface area (Å²) in [5.74, 6) is 0.487. The second-order valence-corrected chi connectivity index (χ2v) is 3.79. The first-order valence-electron chi connectivity index (χ1n) is 4.54. The summed E-state index contributed by atoms with van der Waals surface area (Å²) in [6.07, 6.45) is 1.86. The Labute approximate surface area is 90.9 Å². The summed E-state index contributed by atoms with van der Waals surface area (Å²) >= 11 is 1.51. The third-order valence-corrected chi connectivity index (χ3v) is 2.76. The third-order valence-electron chi connectivity index (χ3n) is 2.00. The summed E-state index contributed by atoms with van der Waals surface area (Å²) in [4.78, 5) is 5.08. The summed E-state index contributed by atoms with van der Waals surface area (Å²) in [6.45, 7) is 0.866. The number of hydrogen-bond acceptors (Lipinski definition) is 5.